The van der Waals surface area contributed by atoms with Crippen molar-refractivity contribution in [3.63, 3.8) is 0 Å². The number of rotatable bonds is 4. The van der Waals surface area contributed by atoms with Gasteiger partial charge >= 0.3 is 5.97 Å². The maximum atomic E-state index is 11.8. The molecular formula is C10H13NO2S2. The molecule has 0 amide bonds. The van der Waals surface area contributed by atoms with Gasteiger partial charge in [0.2, 0.25) is 0 Å². The standard InChI is InChI=1S/C10H13NO2S2/c1-3-13-8(12)10(4-5-10)7-6-15-9(11-7)14-2/h6H,3-5H2,1-2H3. The SMILES string of the molecule is CCOC(=O)C1(c2csc(SC)n2)CC1. The first-order chi connectivity index (χ1) is 7.23. The maximum absolute atomic E-state index is 11.8. The minimum atomic E-state index is -0.402. The summed E-state index contributed by atoms with van der Waals surface area (Å²) >= 11 is 3.21. The van der Waals surface area contributed by atoms with Gasteiger partial charge in [0.25, 0.3) is 0 Å². The summed E-state index contributed by atoms with van der Waals surface area (Å²) in [4.78, 5) is 16.2. The zero-order valence-electron chi connectivity index (χ0n) is 8.78. The molecule has 1 aromatic rings. The van der Waals surface area contributed by atoms with E-state index in [1.54, 1.807) is 23.1 Å². The van der Waals surface area contributed by atoms with Crippen molar-refractivity contribution in [1.29, 1.82) is 0 Å². The number of nitrogens with zero attached hydrogens (tertiary/aromatic N) is 1. The minimum absolute atomic E-state index is 0.108. The molecule has 0 N–H and O–H groups in total. The zero-order chi connectivity index (χ0) is 10.9. The summed E-state index contributed by atoms with van der Waals surface area (Å²) < 4.78 is 6.10. The molecule has 1 heterocycles. The fraction of sp³-hybridized carbons (Fsp3) is 0.600. The van der Waals surface area contributed by atoms with Gasteiger partial charge < -0.3 is 4.74 Å². The topological polar surface area (TPSA) is 39.2 Å². The van der Waals surface area contributed by atoms with Crippen LogP contribution in [0.15, 0.2) is 9.72 Å². The van der Waals surface area contributed by atoms with Gasteiger partial charge in [-0.2, -0.15) is 0 Å². The lowest BCUT2D eigenvalue weighted by molar-refractivity contribution is -0.146. The van der Waals surface area contributed by atoms with E-state index in [2.05, 4.69) is 4.98 Å². The summed E-state index contributed by atoms with van der Waals surface area (Å²) in [5.41, 5.74) is 0.496. The third kappa shape index (κ3) is 1.90. The van der Waals surface area contributed by atoms with Crippen molar-refractivity contribution in [2.75, 3.05) is 12.9 Å². The van der Waals surface area contributed by atoms with Crippen LogP contribution in [0.5, 0.6) is 0 Å². The third-order valence-electron chi connectivity index (χ3n) is 2.56. The van der Waals surface area contributed by atoms with E-state index in [-0.39, 0.29) is 5.97 Å². The van der Waals surface area contributed by atoms with Crippen molar-refractivity contribution in [2.24, 2.45) is 0 Å². The third-order valence-corrected chi connectivity index (χ3v) is 4.43. The van der Waals surface area contributed by atoms with Crippen molar-refractivity contribution in [1.82, 2.24) is 4.98 Å². The first-order valence-corrected chi connectivity index (χ1v) is 7.00. The van der Waals surface area contributed by atoms with Crippen LogP contribution < -0.4 is 0 Å². The van der Waals surface area contributed by atoms with Crippen LogP contribution in [0.1, 0.15) is 25.5 Å². The highest BCUT2D eigenvalue weighted by molar-refractivity contribution is 8.00. The van der Waals surface area contributed by atoms with E-state index < -0.39 is 5.41 Å². The molecular weight excluding hydrogens is 230 g/mol. The van der Waals surface area contributed by atoms with E-state index in [0.29, 0.717) is 6.61 Å². The van der Waals surface area contributed by atoms with Gasteiger partial charge in [-0.05, 0) is 26.0 Å². The van der Waals surface area contributed by atoms with E-state index in [1.807, 2.05) is 18.6 Å². The van der Waals surface area contributed by atoms with Crippen molar-refractivity contribution in [2.45, 2.75) is 29.5 Å². The molecule has 3 nitrogen and oxygen atoms in total. The zero-order valence-corrected chi connectivity index (χ0v) is 10.4. The van der Waals surface area contributed by atoms with Crippen LogP contribution >= 0.6 is 23.1 Å². The Morgan fingerprint density at radius 2 is 2.47 bits per heavy atom. The Labute approximate surface area is 97.2 Å². The van der Waals surface area contributed by atoms with Crippen LogP contribution in [-0.2, 0) is 14.9 Å². The Kier molecular flexibility index (Phi) is 3.02. The Morgan fingerprint density at radius 1 is 1.73 bits per heavy atom. The van der Waals surface area contributed by atoms with Crippen molar-refractivity contribution in [3.05, 3.63) is 11.1 Å². The van der Waals surface area contributed by atoms with Crippen LogP contribution in [0.25, 0.3) is 0 Å². The van der Waals surface area contributed by atoms with Crippen molar-refractivity contribution < 1.29 is 9.53 Å². The minimum Gasteiger partial charge on any atom is -0.465 e. The van der Waals surface area contributed by atoms with Gasteiger partial charge in [-0.3, -0.25) is 4.79 Å². The molecule has 2 rings (SSSR count). The van der Waals surface area contributed by atoms with E-state index >= 15 is 0 Å². The Morgan fingerprint density at radius 3 is 2.93 bits per heavy atom. The first kappa shape index (κ1) is 11.0. The number of aromatic nitrogens is 1. The lowest BCUT2D eigenvalue weighted by atomic mass is 10.0. The fourth-order valence-electron chi connectivity index (χ4n) is 1.53. The normalized spacial score (nSPS) is 17.5. The van der Waals surface area contributed by atoms with Gasteiger partial charge in [-0.25, -0.2) is 4.98 Å². The van der Waals surface area contributed by atoms with Gasteiger partial charge in [0.1, 0.15) is 9.75 Å². The van der Waals surface area contributed by atoms with Gasteiger partial charge in [0.05, 0.1) is 12.3 Å². The molecule has 0 radical (unpaired) electrons. The number of hydrogen-bond donors (Lipinski definition) is 0. The van der Waals surface area contributed by atoms with Crippen LogP contribution in [0.2, 0.25) is 0 Å². The second kappa shape index (κ2) is 4.14. The Balaban J connectivity index is 2.18. The lowest BCUT2D eigenvalue weighted by Gasteiger charge is -2.10. The Hall–Kier alpha value is -0.550. The highest BCUT2D eigenvalue weighted by atomic mass is 32.2. The number of thioether (sulfide) groups is 1. The molecule has 1 fully saturated rings. The monoisotopic (exact) mass is 243 g/mol. The summed E-state index contributed by atoms with van der Waals surface area (Å²) in [5, 5.41) is 1.98. The second-order valence-corrected chi connectivity index (χ2v) is 5.42. The predicted octanol–water partition coefficient (Wildman–Crippen LogP) is 2.46. The molecule has 0 bridgehead atoms. The molecule has 0 unspecified atom stereocenters. The summed E-state index contributed by atoms with van der Waals surface area (Å²) in [6.07, 6.45) is 3.75. The lowest BCUT2D eigenvalue weighted by Crippen LogP contribution is -2.23. The molecule has 15 heavy (non-hydrogen) atoms. The van der Waals surface area contributed by atoms with Gasteiger partial charge in [0, 0.05) is 5.38 Å². The summed E-state index contributed by atoms with van der Waals surface area (Å²) in [7, 11) is 0. The highest BCUT2D eigenvalue weighted by Gasteiger charge is 2.54. The number of thiazole rings is 1. The van der Waals surface area contributed by atoms with E-state index in [4.69, 9.17) is 4.74 Å². The van der Waals surface area contributed by atoms with Crippen LogP contribution in [0, 0.1) is 0 Å². The average Bonchev–Trinajstić information content (AvgIpc) is 2.91. The molecule has 1 aromatic heterocycles. The molecule has 0 spiro atoms. The van der Waals surface area contributed by atoms with Crippen LogP contribution in [-0.4, -0.2) is 23.8 Å². The summed E-state index contributed by atoms with van der Waals surface area (Å²) in [6, 6.07) is 0. The first-order valence-electron chi connectivity index (χ1n) is 4.90. The number of carbonyl (C=O) groups is 1. The number of hydrogen-bond acceptors (Lipinski definition) is 5. The molecule has 1 aliphatic carbocycles. The summed E-state index contributed by atoms with van der Waals surface area (Å²) in [5.74, 6) is -0.108. The molecule has 0 aromatic carbocycles. The van der Waals surface area contributed by atoms with Crippen LogP contribution in [0.3, 0.4) is 0 Å². The number of esters is 1. The maximum Gasteiger partial charge on any atom is 0.318 e. The average molecular weight is 243 g/mol. The Bertz CT molecular complexity index is 371. The molecule has 5 heteroatoms. The van der Waals surface area contributed by atoms with Gasteiger partial charge in [-0.15, -0.1) is 11.3 Å². The predicted molar refractivity (Wildman–Crippen MR) is 61.4 cm³/mol. The molecule has 1 saturated carbocycles. The number of carbonyl (C=O) groups excluding carboxylic acids is 1. The van der Waals surface area contributed by atoms with E-state index in [9.17, 15) is 4.79 Å². The van der Waals surface area contributed by atoms with Crippen LogP contribution in [0.4, 0.5) is 0 Å². The van der Waals surface area contributed by atoms with Gasteiger partial charge in [-0.1, -0.05) is 11.8 Å². The van der Waals surface area contributed by atoms with Crippen molar-refractivity contribution >= 4 is 29.1 Å². The molecule has 0 saturated heterocycles. The second-order valence-electron chi connectivity index (χ2n) is 3.51. The molecule has 0 atom stereocenters. The summed E-state index contributed by atoms with van der Waals surface area (Å²) in [6.45, 7) is 2.28. The quantitative estimate of drug-likeness (QED) is 0.601. The molecule has 1 aliphatic rings. The van der Waals surface area contributed by atoms with E-state index in [0.717, 1.165) is 22.9 Å². The molecule has 0 aliphatic heterocycles. The van der Waals surface area contributed by atoms with Crippen molar-refractivity contribution in [3.8, 4) is 0 Å². The molecule has 82 valence electrons. The van der Waals surface area contributed by atoms with Gasteiger partial charge in [0.15, 0.2) is 0 Å². The fourth-order valence-corrected chi connectivity index (χ4v) is 2.89. The number of ether oxygens (including phenoxy) is 1. The largest absolute Gasteiger partial charge is 0.465 e. The highest BCUT2D eigenvalue weighted by Crippen LogP contribution is 2.49. The van der Waals surface area contributed by atoms with E-state index in [1.165, 1.54) is 0 Å². The smallest absolute Gasteiger partial charge is 0.318 e.